The molecule has 3 heterocycles. The zero-order valence-electron chi connectivity index (χ0n) is 18.8. The van der Waals surface area contributed by atoms with Crippen molar-refractivity contribution in [1.82, 2.24) is 4.90 Å². The molecular weight excluding hydrogens is 456 g/mol. The number of para-hydroxylation sites is 3. The number of nitrogens with zero attached hydrogens (tertiary/aromatic N) is 3. The number of hydrogen-bond donors (Lipinski definition) is 1. The molecule has 0 bridgehead atoms. The maximum Gasteiger partial charge on any atom is 0.354 e. The van der Waals surface area contributed by atoms with E-state index in [-0.39, 0.29) is 25.3 Å². The summed E-state index contributed by atoms with van der Waals surface area (Å²) in [6.45, 7) is -0.823. The number of amides is 4. The van der Waals surface area contributed by atoms with E-state index in [0.29, 0.717) is 22.7 Å². The number of rotatable bonds is 4. The van der Waals surface area contributed by atoms with Gasteiger partial charge in [-0.25, -0.2) is 4.79 Å². The number of ether oxygens (including phenoxy) is 2. The van der Waals surface area contributed by atoms with Gasteiger partial charge in [0, 0.05) is 19.9 Å². The fourth-order valence-electron chi connectivity index (χ4n) is 4.83. The Balaban J connectivity index is 1.40. The SMILES string of the molecule is CN1C(=O)c2ccccc2N2C(=O)CCC12C(=O)OCC(=O)N1CC(C(N)=O)Oc2ccccc21. The minimum absolute atomic E-state index is 0.0273. The predicted octanol–water partition coefficient (Wildman–Crippen LogP) is 0.418. The molecule has 2 aromatic carbocycles. The normalized spacial score (nSPS) is 22.7. The maximum atomic E-state index is 13.4. The van der Waals surface area contributed by atoms with Gasteiger partial charge in [0.15, 0.2) is 12.7 Å². The number of likely N-dealkylation sites (N-methyl/N-ethyl adjacent to an activating group) is 1. The Morgan fingerprint density at radius 2 is 1.77 bits per heavy atom. The zero-order valence-corrected chi connectivity index (χ0v) is 18.8. The fraction of sp³-hybridized carbons (Fsp3) is 0.292. The summed E-state index contributed by atoms with van der Waals surface area (Å²) in [6.07, 6.45) is -1.00. The molecule has 5 rings (SSSR count). The minimum atomic E-state index is -1.69. The van der Waals surface area contributed by atoms with Crippen molar-refractivity contribution in [3.05, 3.63) is 54.1 Å². The van der Waals surface area contributed by atoms with Crippen molar-refractivity contribution in [3.8, 4) is 5.75 Å². The number of anilines is 2. The molecule has 35 heavy (non-hydrogen) atoms. The summed E-state index contributed by atoms with van der Waals surface area (Å²) in [6, 6.07) is 13.1. The van der Waals surface area contributed by atoms with Crippen LogP contribution in [0.1, 0.15) is 23.2 Å². The van der Waals surface area contributed by atoms with E-state index in [0.717, 1.165) is 0 Å². The number of benzene rings is 2. The lowest BCUT2D eigenvalue weighted by atomic mass is 9.97. The third-order valence-electron chi connectivity index (χ3n) is 6.59. The van der Waals surface area contributed by atoms with Gasteiger partial charge in [0.2, 0.25) is 11.6 Å². The van der Waals surface area contributed by atoms with Gasteiger partial charge in [-0.1, -0.05) is 24.3 Å². The third-order valence-corrected chi connectivity index (χ3v) is 6.59. The Bertz CT molecular complexity index is 1280. The van der Waals surface area contributed by atoms with E-state index in [1.807, 2.05) is 0 Å². The Labute approximate surface area is 200 Å². The topological polar surface area (TPSA) is 140 Å². The van der Waals surface area contributed by atoms with Crippen LogP contribution in [0, 0.1) is 0 Å². The number of carbonyl (C=O) groups is 5. The zero-order chi connectivity index (χ0) is 24.9. The molecule has 180 valence electrons. The van der Waals surface area contributed by atoms with E-state index in [1.54, 1.807) is 48.5 Å². The van der Waals surface area contributed by atoms with Gasteiger partial charge in [0.05, 0.1) is 23.5 Å². The van der Waals surface area contributed by atoms with E-state index in [4.69, 9.17) is 15.2 Å². The molecule has 0 aliphatic carbocycles. The maximum absolute atomic E-state index is 13.4. The number of fused-ring (bicyclic) bond motifs is 4. The van der Waals surface area contributed by atoms with Gasteiger partial charge >= 0.3 is 5.97 Å². The number of carbonyl (C=O) groups excluding carboxylic acids is 5. The molecule has 11 heteroatoms. The molecule has 4 amide bonds. The summed E-state index contributed by atoms with van der Waals surface area (Å²) in [5.74, 6) is -2.71. The summed E-state index contributed by atoms with van der Waals surface area (Å²) < 4.78 is 11.0. The van der Waals surface area contributed by atoms with Crippen molar-refractivity contribution in [2.24, 2.45) is 5.73 Å². The highest BCUT2D eigenvalue weighted by Crippen LogP contribution is 2.44. The lowest BCUT2D eigenvalue weighted by Crippen LogP contribution is -2.67. The van der Waals surface area contributed by atoms with Crippen LogP contribution in [0.3, 0.4) is 0 Å². The van der Waals surface area contributed by atoms with Crippen molar-refractivity contribution in [2.45, 2.75) is 24.6 Å². The first-order valence-electron chi connectivity index (χ1n) is 11.0. The molecule has 1 saturated heterocycles. The summed E-state index contributed by atoms with van der Waals surface area (Å²) in [5.41, 5.74) is 4.72. The first-order valence-corrected chi connectivity index (χ1v) is 11.0. The summed E-state index contributed by atoms with van der Waals surface area (Å²) in [5, 5.41) is 0. The standard InChI is InChI=1S/C24H22N4O7/c1-26-22(32)14-6-2-3-7-15(14)28-19(29)10-11-24(26,28)23(33)34-13-20(30)27-12-18(21(25)31)35-17-9-5-4-8-16(17)27/h2-9,18H,10-13H2,1H3,(H2,25,31). The molecule has 2 unspecified atom stereocenters. The summed E-state index contributed by atoms with van der Waals surface area (Å²) in [7, 11) is 1.43. The van der Waals surface area contributed by atoms with Gasteiger partial charge in [0.1, 0.15) is 5.75 Å². The fourth-order valence-corrected chi connectivity index (χ4v) is 4.83. The Morgan fingerprint density at radius 3 is 2.51 bits per heavy atom. The number of hydrogen-bond acceptors (Lipinski definition) is 7. The van der Waals surface area contributed by atoms with Gasteiger partial charge in [-0.05, 0) is 24.3 Å². The van der Waals surface area contributed by atoms with Crippen LogP contribution >= 0.6 is 0 Å². The average molecular weight is 478 g/mol. The van der Waals surface area contributed by atoms with Crippen LogP contribution in [0.2, 0.25) is 0 Å². The molecule has 2 atom stereocenters. The molecule has 3 aliphatic heterocycles. The van der Waals surface area contributed by atoms with Crippen LogP contribution in [0.4, 0.5) is 11.4 Å². The molecule has 2 aromatic rings. The van der Waals surface area contributed by atoms with Crippen molar-refractivity contribution >= 4 is 41.0 Å². The highest BCUT2D eigenvalue weighted by Gasteiger charge is 2.61. The van der Waals surface area contributed by atoms with Crippen LogP contribution in [0.25, 0.3) is 0 Å². The summed E-state index contributed by atoms with van der Waals surface area (Å²) in [4.78, 5) is 67.9. The van der Waals surface area contributed by atoms with Crippen molar-refractivity contribution in [1.29, 1.82) is 0 Å². The Morgan fingerprint density at radius 1 is 1.09 bits per heavy atom. The number of primary amides is 1. The van der Waals surface area contributed by atoms with E-state index in [1.165, 1.54) is 21.7 Å². The van der Waals surface area contributed by atoms with Crippen molar-refractivity contribution in [3.63, 3.8) is 0 Å². The second-order valence-corrected chi connectivity index (χ2v) is 8.48. The van der Waals surface area contributed by atoms with Gasteiger partial charge in [-0.2, -0.15) is 0 Å². The first kappa shape index (κ1) is 22.4. The molecule has 0 aromatic heterocycles. The molecule has 11 nitrogen and oxygen atoms in total. The van der Waals surface area contributed by atoms with Crippen LogP contribution in [-0.4, -0.2) is 66.5 Å². The second kappa shape index (κ2) is 8.12. The van der Waals surface area contributed by atoms with E-state index >= 15 is 0 Å². The lowest BCUT2D eigenvalue weighted by Gasteiger charge is -2.46. The highest BCUT2D eigenvalue weighted by molar-refractivity contribution is 6.15. The second-order valence-electron chi connectivity index (χ2n) is 8.48. The van der Waals surface area contributed by atoms with Gasteiger partial charge < -0.3 is 25.0 Å². The van der Waals surface area contributed by atoms with E-state index < -0.39 is 42.1 Å². The molecule has 3 aliphatic rings. The Kier molecular flexibility index (Phi) is 5.19. The summed E-state index contributed by atoms with van der Waals surface area (Å²) >= 11 is 0. The molecular formula is C24H22N4O7. The smallest absolute Gasteiger partial charge is 0.354 e. The molecule has 0 spiro atoms. The lowest BCUT2D eigenvalue weighted by molar-refractivity contribution is -0.159. The first-order chi connectivity index (χ1) is 16.8. The minimum Gasteiger partial charge on any atom is -0.477 e. The Hall–Kier alpha value is -4.41. The van der Waals surface area contributed by atoms with Crippen molar-refractivity contribution in [2.75, 3.05) is 30.0 Å². The van der Waals surface area contributed by atoms with Gasteiger partial charge in [-0.15, -0.1) is 0 Å². The molecule has 0 saturated carbocycles. The average Bonchev–Trinajstić information content (AvgIpc) is 3.23. The van der Waals surface area contributed by atoms with Crippen LogP contribution < -0.4 is 20.3 Å². The van der Waals surface area contributed by atoms with Gasteiger partial charge in [-0.3, -0.25) is 24.1 Å². The van der Waals surface area contributed by atoms with E-state index in [9.17, 15) is 24.0 Å². The number of esters is 1. The largest absolute Gasteiger partial charge is 0.477 e. The van der Waals surface area contributed by atoms with Crippen molar-refractivity contribution < 1.29 is 33.4 Å². The van der Waals surface area contributed by atoms with Crippen LogP contribution in [-0.2, 0) is 23.9 Å². The van der Waals surface area contributed by atoms with Gasteiger partial charge in [0.25, 0.3) is 17.7 Å². The monoisotopic (exact) mass is 478 g/mol. The van der Waals surface area contributed by atoms with Crippen LogP contribution in [0.15, 0.2) is 48.5 Å². The highest BCUT2D eigenvalue weighted by atomic mass is 16.5. The number of nitrogens with two attached hydrogens (primary N) is 1. The van der Waals surface area contributed by atoms with E-state index in [2.05, 4.69) is 0 Å². The molecule has 0 radical (unpaired) electrons. The predicted molar refractivity (Wildman–Crippen MR) is 121 cm³/mol. The van der Waals surface area contributed by atoms with Crippen LogP contribution in [0.5, 0.6) is 5.75 Å². The molecule has 1 fully saturated rings. The molecule has 2 N–H and O–H groups in total. The quantitative estimate of drug-likeness (QED) is 0.628. The third kappa shape index (κ3) is 3.30.